The Morgan fingerprint density at radius 1 is 0.682 bits per heavy atom. The topological polar surface area (TPSA) is 15.8 Å². The van der Waals surface area contributed by atoms with Gasteiger partial charge < -0.3 is 4.98 Å². The van der Waals surface area contributed by atoms with Gasteiger partial charge in [0.2, 0.25) is 0 Å². The summed E-state index contributed by atoms with van der Waals surface area (Å²) in [5, 5.41) is 7.66. The zero-order valence-electron chi connectivity index (χ0n) is 11.7. The number of fused-ring (bicyclic) bond motifs is 7. The van der Waals surface area contributed by atoms with Crippen LogP contribution in [0, 0.1) is 0 Å². The molecule has 0 radical (unpaired) electrons. The first-order valence-corrected chi connectivity index (χ1v) is 8.12. The van der Waals surface area contributed by atoms with Gasteiger partial charge in [0.05, 0.1) is 5.52 Å². The van der Waals surface area contributed by atoms with Gasteiger partial charge >= 0.3 is 0 Å². The maximum Gasteiger partial charge on any atom is 0.0545 e. The standard InChI is InChI=1S/C20H12BrN/c21-17-11-16-19-13-6-2-1-5-12(13)9-10-18(19)22-20(16)15-8-4-3-7-14(15)17/h1-11,22H. The Hall–Kier alpha value is -2.32. The molecule has 5 rings (SSSR count). The van der Waals surface area contributed by atoms with Gasteiger partial charge in [-0.05, 0) is 28.3 Å². The van der Waals surface area contributed by atoms with Crippen LogP contribution in [-0.4, -0.2) is 4.98 Å². The van der Waals surface area contributed by atoms with Crippen molar-refractivity contribution in [2.24, 2.45) is 0 Å². The first kappa shape index (κ1) is 12.2. The van der Waals surface area contributed by atoms with Crippen LogP contribution in [-0.2, 0) is 0 Å². The van der Waals surface area contributed by atoms with Crippen molar-refractivity contribution >= 4 is 59.3 Å². The van der Waals surface area contributed by atoms with Crippen molar-refractivity contribution in [2.45, 2.75) is 0 Å². The van der Waals surface area contributed by atoms with Crippen molar-refractivity contribution in [2.75, 3.05) is 0 Å². The molecular weight excluding hydrogens is 334 g/mol. The molecule has 0 aliphatic rings. The maximum atomic E-state index is 3.74. The number of aromatic nitrogens is 1. The predicted octanol–water partition coefficient (Wildman–Crippen LogP) is 6.39. The summed E-state index contributed by atoms with van der Waals surface area (Å²) in [6.07, 6.45) is 0. The number of benzene rings is 4. The Kier molecular flexibility index (Phi) is 2.42. The highest BCUT2D eigenvalue weighted by molar-refractivity contribution is 9.10. The fourth-order valence-corrected chi connectivity index (χ4v) is 4.04. The maximum absolute atomic E-state index is 3.74. The van der Waals surface area contributed by atoms with E-state index in [4.69, 9.17) is 0 Å². The molecule has 0 unspecified atom stereocenters. The molecule has 0 aliphatic heterocycles. The van der Waals surface area contributed by atoms with Gasteiger partial charge in [-0.3, -0.25) is 0 Å². The van der Waals surface area contributed by atoms with E-state index in [0.717, 1.165) is 4.47 Å². The molecule has 1 nitrogen and oxygen atoms in total. The van der Waals surface area contributed by atoms with Gasteiger partial charge in [-0.1, -0.05) is 70.5 Å². The number of nitrogens with one attached hydrogen (secondary N) is 1. The van der Waals surface area contributed by atoms with Gasteiger partial charge in [0.25, 0.3) is 0 Å². The van der Waals surface area contributed by atoms with Crippen molar-refractivity contribution in [1.82, 2.24) is 4.98 Å². The largest absolute Gasteiger partial charge is 0.354 e. The minimum absolute atomic E-state index is 1.14. The van der Waals surface area contributed by atoms with E-state index in [9.17, 15) is 0 Å². The third kappa shape index (κ3) is 1.53. The lowest BCUT2D eigenvalue weighted by molar-refractivity contribution is 1.57. The Balaban J connectivity index is 2.13. The molecule has 1 N–H and O–H groups in total. The SMILES string of the molecule is Brc1cc2c([nH]c3ccc4ccccc4c32)c2ccccc12. The van der Waals surface area contributed by atoms with Gasteiger partial charge in [0.1, 0.15) is 0 Å². The van der Waals surface area contributed by atoms with Crippen LogP contribution < -0.4 is 0 Å². The molecule has 1 aromatic heterocycles. The van der Waals surface area contributed by atoms with Gasteiger partial charge in [-0.15, -0.1) is 0 Å². The molecule has 0 amide bonds. The molecule has 22 heavy (non-hydrogen) atoms. The molecule has 5 aromatic rings. The van der Waals surface area contributed by atoms with E-state index in [1.165, 1.54) is 43.4 Å². The van der Waals surface area contributed by atoms with Crippen LogP contribution in [0.4, 0.5) is 0 Å². The summed E-state index contributed by atoms with van der Waals surface area (Å²) < 4.78 is 1.14. The van der Waals surface area contributed by atoms with Crippen LogP contribution in [0.15, 0.2) is 71.2 Å². The summed E-state index contributed by atoms with van der Waals surface area (Å²) in [6.45, 7) is 0. The molecule has 0 saturated heterocycles. The first-order valence-electron chi connectivity index (χ1n) is 7.33. The monoisotopic (exact) mass is 345 g/mol. The molecule has 104 valence electrons. The number of halogens is 1. The van der Waals surface area contributed by atoms with Crippen LogP contribution in [0.5, 0.6) is 0 Å². The zero-order chi connectivity index (χ0) is 14.7. The Morgan fingerprint density at radius 3 is 2.27 bits per heavy atom. The lowest BCUT2D eigenvalue weighted by atomic mass is 10.0. The van der Waals surface area contributed by atoms with Gasteiger partial charge in [-0.25, -0.2) is 0 Å². The van der Waals surface area contributed by atoms with Crippen molar-refractivity contribution in [3.63, 3.8) is 0 Å². The number of hydrogen-bond acceptors (Lipinski definition) is 0. The first-order chi connectivity index (χ1) is 10.8. The molecule has 0 fully saturated rings. The smallest absolute Gasteiger partial charge is 0.0545 e. The third-order valence-corrected chi connectivity index (χ3v) is 5.11. The average molecular weight is 346 g/mol. The fourth-order valence-electron chi connectivity index (χ4n) is 3.46. The highest BCUT2D eigenvalue weighted by atomic mass is 79.9. The van der Waals surface area contributed by atoms with Crippen LogP contribution in [0.1, 0.15) is 0 Å². The molecule has 2 heteroatoms. The molecular formula is C20H12BrN. The number of aromatic amines is 1. The highest BCUT2D eigenvalue weighted by Gasteiger charge is 2.12. The van der Waals surface area contributed by atoms with Crippen molar-refractivity contribution in [3.8, 4) is 0 Å². The summed E-state index contributed by atoms with van der Waals surface area (Å²) in [7, 11) is 0. The third-order valence-electron chi connectivity index (χ3n) is 4.45. The quantitative estimate of drug-likeness (QED) is 0.334. The Labute approximate surface area is 135 Å². The van der Waals surface area contributed by atoms with Crippen LogP contribution in [0.25, 0.3) is 43.4 Å². The van der Waals surface area contributed by atoms with Gasteiger partial charge in [0, 0.05) is 26.1 Å². The van der Waals surface area contributed by atoms with E-state index in [1.54, 1.807) is 0 Å². The van der Waals surface area contributed by atoms with Crippen LogP contribution in [0.2, 0.25) is 0 Å². The molecule has 0 saturated carbocycles. The normalized spacial score (nSPS) is 11.9. The van der Waals surface area contributed by atoms with E-state index in [-0.39, 0.29) is 0 Å². The van der Waals surface area contributed by atoms with E-state index in [0.29, 0.717) is 0 Å². The van der Waals surface area contributed by atoms with Crippen molar-refractivity contribution < 1.29 is 0 Å². The lowest BCUT2D eigenvalue weighted by Gasteiger charge is -2.03. The minimum Gasteiger partial charge on any atom is -0.354 e. The van der Waals surface area contributed by atoms with Crippen LogP contribution >= 0.6 is 15.9 Å². The van der Waals surface area contributed by atoms with E-state index in [2.05, 4.69) is 87.6 Å². The average Bonchev–Trinajstić information content (AvgIpc) is 2.94. The van der Waals surface area contributed by atoms with Gasteiger partial charge in [-0.2, -0.15) is 0 Å². The minimum atomic E-state index is 1.14. The molecule has 1 heterocycles. The summed E-state index contributed by atoms with van der Waals surface area (Å²) in [4.78, 5) is 3.62. The zero-order valence-corrected chi connectivity index (χ0v) is 13.3. The van der Waals surface area contributed by atoms with E-state index < -0.39 is 0 Å². The highest BCUT2D eigenvalue weighted by Crippen LogP contribution is 2.38. The molecule has 0 spiro atoms. The summed E-state index contributed by atoms with van der Waals surface area (Å²) in [5.74, 6) is 0. The lowest BCUT2D eigenvalue weighted by Crippen LogP contribution is -1.77. The Bertz CT molecular complexity index is 1180. The van der Waals surface area contributed by atoms with E-state index in [1.807, 2.05) is 0 Å². The second kappa shape index (κ2) is 4.34. The van der Waals surface area contributed by atoms with Crippen molar-refractivity contribution in [1.29, 1.82) is 0 Å². The fraction of sp³-hybridized carbons (Fsp3) is 0. The summed E-state index contributed by atoms with van der Waals surface area (Å²) in [5.41, 5.74) is 2.40. The van der Waals surface area contributed by atoms with Gasteiger partial charge in [0.15, 0.2) is 0 Å². The van der Waals surface area contributed by atoms with Crippen molar-refractivity contribution in [3.05, 3.63) is 71.2 Å². The predicted molar refractivity (Wildman–Crippen MR) is 98.5 cm³/mol. The molecule has 4 aromatic carbocycles. The second-order valence-corrected chi connectivity index (χ2v) is 6.52. The molecule has 0 atom stereocenters. The molecule has 0 aliphatic carbocycles. The summed E-state index contributed by atoms with van der Waals surface area (Å²) in [6, 6.07) is 23.7. The number of H-pyrrole nitrogens is 1. The molecule has 0 bridgehead atoms. The number of hydrogen-bond donors (Lipinski definition) is 1. The van der Waals surface area contributed by atoms with E-state index >= 15 is 0 Å². The number of rotatable bonds is 0. The van der Waals surface area contributed by atoms with Crippen LogP contribution in [0.3, 0.4) is 0 Å². The summed E-state index contributed by atoms with van der Waals surface area (Å²) >= 11 is 3.74. The Morgan fingerprint density at radius 2 is 1.41 bits per heavy atom. The second-order valence-electron chi connectivity index (χ2n) is 5.66.